The third-order valence-electron chi connectivity index (χ3n) is 3.21. The van der Waals surface area contributed by atoms with Gasteiger partial charge in [0.15, 0.2) is 0 Å². The van der Waals surface area contributed by atoms with Crippen molar-refractivity contribution >= 4 is 24.5 Å². The number of carbonyl (C=O) groups excluding carboxylic acids is 2. The molecule has 98 valence electrons. The van der Waals surface area contributed by atoms with Crippen molar-refractivity contribution in [3.8, 4) is 0 Å². The van der Waals surface area contributed by atoms with Crippen molar-refractivity contribution in [2.45, 2.75) is 19.3 Å². The Balaban J connectivity index is 2.49. The molecule has 0 aromatic heterocycles. The van der Waals surface area contributed by atoms with Gasteiger partial charge in [0, 0.05) is 11.1 Å². The Morgan fingerprint density at radius 2 is 1.37 bits per heavy atom. The van der Waals surface area contributed by atoms with Gasteiger partial charge in [-0.2, -0.15) is 0 Å². The van der Waals surface area contributed by atoms with E-state index < -0.39 is 0 Å². The van der Waals surface area contributed by atoms with E-state index in [9.17, 15) is 9.59 Å². The first-order valence-corrected chi connectivity index (χ1v) is 5.92. The van der Waals surface area contributed by atoms with E-state index in [1.54, 1.807) is 0 Å². The van der Waals surface area contributed by atoms with E-state index in [2.05, 4.69) is 13.2 Å². The van der Waals surface area contributed by atoms with Crippen LogP contribution in [0.2, 0.25) is 0 Å². The summed E-state index contributed by atoms with van der Waals surface area (Å²) in [6.45, 7) is 8.05. The Labute approximate surface area is 111 Å². The molecule has 1 aromatic rings. The van der Waals surface area contributed by atoms with Crippen LogP contribution in [-0.2, 0) is 31.9 Å². The molecular formula is C15H14O4. The Bertz CT molecular complexity index is 509. The molecule has 1 aromatic carbocycles. The number of rotatable bonds is 6. The molecule has 0 unspecified atom stereocenters. The summed E-state index contributed by atoms with van der Waals surface area (Å²) in [6.07, 6.45) is 3.05. The topological polar surface area (TPSA) is 52.6 Å². The van der Waals surface area contributed by atoms with Crippen LogP contribution in [0.5, 0.6) is 0 Å². The van der Waals surface area contributed by atoms with E-state index in [4.69, 9.17) is 9.47 Å². The highest BCUT2D eigenvalue weighted by molar-refractivity contribution is 5.78. The maximum atomic E-state index is 10.4. The van der Waals surface area contributed by atoms with Crippen molar-refractivity contribution < 1.29 is 19.1 Å². The third kappa shape index (κ3) is 2.57. The van der Waals surface area contributed by atoms with E-state index in [-0.39, 0.29) is 11.5 Å². The Morgan fingerprint density at radius 1 is 0.947 bits per heavy atom. The van der Waals surface area contributed by atoms with Gasteiger partial charge in [-0.3, -0.25) is 9.59 Å². The smallest absolute Gasteiger partial charge is 0.298 e. The molecular weight excluding hydrogens is 244 g/mol. The molecule has 0 saturated heterocycles. The lowest BCUT2D eigenvalue weighted by atomic mass is 9.98. The van der Waals surface area contributed by atoms with E-state index in [1.165, 1.54) is 11.1 Å². The van der Waals surface area contributed by atoms with Crippen molar-refractivity contribution in [2.75, 3.05) is 0 Å². The maximum absolute atomic E-state index is 10.4. The summed E-state index contributed by atoms with van der Waals surface area (Å²) in [6, 6.07) is 3.84. The first-order valence-electron chi connectivity index (χ1n) is 5.92. The number of carbonyl (C=O) groups is 2. The highest BCUT2D eigenvalue weighted by Gasteiger charge is 2.19. The Morgan fingerprint density at radius 3 is 1.74 bits per heavy atom. The lowest BCUT2D eigenvalue weighted by molar-refractivity contribution is -0.123. The molecule has 19 heavy (non-hydrogen) atoms. The van der Waals surface area contributed by atoms with E-state index >= 15 is 0 Å². The molecule has 0 spiro atoms. The summed E-state index contributed by atoms with van der Waals surface area (Å²) in [5.74, 6) is 0.436. The van der Waals surface area contributed by atoms with E-state index in [0.29, 0.717) is 24.1 Å². The fraction of sp³-hybridized carbons (Fsp3) is 0.200. The molecule has 1 aliphatic rings. The number of ether oxygens (including phenoxy) is 2. The number of benzene rings is 1. The summed E-state index contributed by atoms with van der Waals surface area (Å²) in [5, 5.41) is 0. The van der Waals surface area contributed by atoms with Gasteiger partial charge < -0.3 is 9.47 Å². The zero-order valence-electron chi connectivity index (χ0n) is 10.5. The fourth-order valence-corrected chi connectivity index (χ4v) is 2.33. The molecule has 0 fully saturated rings. The molecule has 0 atom stereocenters. The van der Waals surface area contributed by atoms with Crippen molar-refractivity contribution in [2.24, 2.45) is 0 Å². The summed E-state index contributed by atoms with van der Waals surface area (Å²) >= 11 is 0. The summed E-state index contributed by atoms with van der Waals surface area (Å²) in [7, 11) is 0. The second-order valence-electron chi connectivity index (χ2n) is 4.29. The minimum absolute atomic E-state index is 0.218. The van der Waals surface area contributed by atoms with E-state index in [1.807, 2.05) is 12.1 Å². The van der Waals surface area contributed by atoms with Crippen LogP contribution in [0.25, 0.3) is 11.5 Å². The summed E-state index contributed by atoms with van der Waals surface area (Å²) in [5.41, 5.74) is 3.65. The molecule has 0 amide bonds. The molecule has 0 radical (unpaired) electrons. The molecule has 0 saturated carbocycles. The zero-order chi connectivity index (χ0) is 13.8. The van der Waals surface area contributed by atoms with Crippen LogP contribution in [-0.4, -0.2) is 12.9 Å². The molecule has 2 rings (SSSR count). The van der Waals surface area contributed by atoms with Gasteiger partial charge in [0.2, 0.25) is 0 Å². The lowest BCUT2D eigenvalue weighted by Gasteiger charge is -2.13. The molecule has 0 aliphatic heterocycles. The van der Waals surface area contributed by atoms with Crippen molar-refractivity contribution in [3.63, 3.8) is 0 Å². The largest absolute Gasteiger partial charge is 0.429 e. The highest BCUT2D eigenvalue weighted by atomic mass is 16.5. The number of hydrogen-bond acceptors (Lipinski definition) is 4. The van der Waals surface area contributed by atoms with Gasteiger partial charge >= 0.3 is 0 Å². The van der Waals surface area contributed by atoms with Gasteiger partial charge in [0.05, 0.1) is 0 Å². The second kappa shape index (κ2) is 5.52. The highest BCUT2D eigenvalue weighted by Crippen LogP contribution is 2.32. The van der Waals surface area contributed by atoms with Crippen LogP contribution in [0.15, 0.2) is 25.3 Å². The van der Waals surface area contributed by atoms with Gasteiger partial charge in [-0.05, 0) is 42.5 Å². The number of hydrogen-bond donors (Lipinski definition) is 0. The fourth-order valence-electron chi connectivity index (χ4n) is 2.33. The quantitative estimate of drug-likeness (QED) is 0.581. The van der Waals surface area contributed by atoms with Crippen molar-refractivity contribution in [3.05, 3.63) is 47.5 Å². The van der Waals surface area contributed by atoms with Crippen LogP contribution in [0.1, 0.15) is 28.7 Å². The zero-order valence-corrected chi connectivity index (χ0v) is 10.5. The van der Waals surface area contributed by atoms with Gasteiger partial charge in [0.1, 0.15) is 11.5 Å². The van der Waals surface area contributed by atoms with Crippen molar-refractivity contribution in [1.29, 1.82) is 0 Å². The van der Waals surface area contributed by atoms with Gasteiger partial charge in [-0.15, -0.1) is 0 Å². The lowest BCUT2D eigenvalue weighted by Crippen LogP contribution is -2.00. The average Bonchev–Trinajstić information content (AvgIpc) is 2.85. The standard InChI is InChI=1S/C15H14O4/c1-10(18-8-16)14-6-12-4-3-5-13(12)7-15(14)11(2)19-9-17/h6-9H,1-5H2. The molecule has 4 heteroatoms. The van der Waals surface area contributed by atoms with Crippen molar-refractivity contribution in [1.82, 2.24) is 0 Å². The molecule has 0 bridgehead atoms. The predicted octanol–water partition coefficient (Wildman–Crippen LogP) is 2.46. The SMILES string of the molecule is C=C(OC=O)c1cc2c(cc1C(=C)OC=O)CCC2. The van der Waals surface area contributed by atoms with Gasteiger partial charge in [0.25, 0.3) is 12.9 Å². The Kier molecular flexibility index (Phi) is 3.80. The normalized spacial score (nSPS) is 12.4. The minimum Gasteiger partial charge on any atom is -0.429 e. The molecule has 1 aliphatic carbocycles. The van der Waals surface area contributed by atoms with Crippen LogP contribution < -0.4 is 0 Å². The molecule has 4 nitrogen and oxygen atoms in total. The van der Waals surface area contributed by atoms with Gasteiger partial charge in [-0.1, -0.05) is 13.2 Å². The third-order valence-corrected chi connectivity index (χ3v) is 3.21. The minimum atomic E-state index is 0.218. The van der Waals surface area contributed by atoms with E-state index in [0.717, 1.165) is 19.3 Å². The predicted molar refractivity (Wildman–Crippen MR) is 70.8 cm³/mol. The van der Waals surface area contributed by atoms with Crippen LogP contribution >= 0.6 is 0 Å². The average molecular weight is 258 g/mol. The molecule has 0 heterocycles. The van der Waals surface area contributed by atoms with Crippen LogP contribution in [0.3, 0.4) is 0 Å². The number of aryl methyl sites for hydroxylation is 2. The second-order valence-corrected chi connectivity index (χ2v) is 4.29. The number of fused-ring (bicyclic) bond motifs is 1. The van der Waals surface area contributed by atoms with Crippen LogP contribution in [0.4, 0.5) is 0 Å². The monoisotopic (exact) mass is 258 g/mol. The summed E-state index contributed by atoms with van der Waals surface area (Å²) in [4.78, 5) is 20.9. The van der Waals surface area contributed by atoms with Crippen LogP contribution in [0, 0.1) is 0 Å². The summed E-state index contributed by atoms with van der Waals surface area (Å²) < 4.78 is 9.59. The maximum Gasteiger partial charge on any atom is 0.298 e. The molecule has 0 N–H and O–H groups in total. The Hall–Kier alpha value is -2.36. The van der Waals surface area contributed by atoms with Gasteiger partial charge in [-0.25, -0.2) is 0 Å². The first kappa shape index (κ1) is 13.1. The first-order chi connectivity index (χ1) is 9.17.